The lowest BCUT2D eigenvalue weighted by Gasteiger charge is -2.13. The van der Waals surface area contributed by atoms with Crippen LogP contribution in [0, 0.1) is 0 Å². The monoisotopic (exact) mass is 308 g/mol. The summed E-state index contributed by atoms with van der Waals surface area (Å²) in [6.45, 7) is 3.29. The number of anilines is 1. The van der Waals surface area contributed by atoms with Crippen molar-refractivity contribution < 1.29 is 9.47 Å². The zero-order valence-corrected chi connectivity index (χ0v) is 13.4. The van der Waals surface area contributed by atoms with Gasteiger partial charge in [-0.25, -0.2) is 4.98 Å². The normalized spacial score (nSPS) is 10.5. The van der Waals surface area contributed by atoms with Gasteiger partial charge in [0.05, 0.1) is 19.1 Å². The zero-order valence-electron chi connectivity index (χ0n) is 13.4. The molecule has 1 N–H and O–H groups in total. The first-order valence-corrected chi connectivity index (χ1v) is 7.69. The third-order valence-electron chi connectivity index (χ3n) is 3.68. The summed E-state index contributed by atoms with van der Waals surface area (Å²) in [5, 5.41) is 5.61. The van der Waals surface area contributed by atoms with Crippen LogP contribution in [0.5, 0.6) is 11.6 Å². The van der Waals surface area contributed by atoms with Crippen molar-refractivity contribution >= 4 is 16.5 Å². The van der Waals surface area contributed by atoms with E-state index in [-0.39, 0.29) is 0 Å². The molecule has 1 aromatic heterocycles. The molecule has 0 saturated carbocycles. The molecule has 0 unspecified atom stereocenters. The third-order valence-corrected chi connectivity index (χ3v) is 3.68. The maximum absolute atomic E-state index is 5.67. The SMILES string of the molecule is CCOc1nccc2cccc(NCc3ccc(OC)cc3)c12. The number of rotatable bonds is 6. The molecule has 0 aliphatic heterocycles. The molecule has 23 heavy (non-hydrogen) atoms. The molecule has 0 aliphatic carbocycles. The first-order chi connectivity index (χ1) is 11.3. The summed E-state index contributed by atoms with van der Waals surface area (Å²) in [7, 11) is 1.67. The summed E-state index contributed by atoms with van der Waals surface area (Å²) >= 11 is 0. The number of pyridine rings is 1. The van der Waals surface area contributed by atoms with Gasteiger partial charge in [-0.05, 0) is 42.1 Å². The van der Waals surface area contributed by atoms with Gasteiger partial charge in [-0.1, -0.05) is 24.3 Å². The Hall–Kier alpha value is -2.75. The van der Waals surface area contributed by atoms with Gasteiger partial charge in [0.15, 0.2) is 0 Å². The predicted molar refractivity (Wildman–Crippen MR) is 93.2 cm³/mol. The number of ether oxygens (including phenoxy) is 2. The molecule has 3 rings (SSSR count). The van der Waals surface area contributed by atoms with Crippen molar-refractivity contribution in [3.05, 3.63) is 60.3 Å². The minimum absolute atomic E-state index is 0.596. The smallest absolute Gasteiger partial charge is 0.223 e. The summed E-state index contributed by atoms with van der Waals surface area (Å²) in [6.07, 6.45) is 1.78. The van der Waals surface area contributed by atoms with Crippen LogP contribution in [0.15, 0.2) is 54.7 Å². The average molecular weight is 308 g/mol. The van der Waals surface area contributed by atoms with Crippen LogP contribution in [0.4, 0.5) is 5.69 Å². The van der Waals surface area contributed by atoms with Gasteiger partial charge in [0, 0.05) is 18.4 Å². The molecule has 0 saturated heterocycles. The molecule has 4 heteroatoms. The van der Waals surface area contributed by atoms with Crippen molar-refractivity contribution in [2.45, 2.75) is 13.5 Å². The van der Waals surface area contributed by atoms with Crippen LogP contribution < -0.4 is 14.8 Å². The van der Waals surface area contributed by atoms with Crippen LogP contribution in [0.3, 0.4) is 0 Å². The van der Waals surface area contributed by atoms with Crippen molar-refractivity contribution in [3.8, 4) is 11.6 Å². The van der Waals surface area contributed by atoms with Crippen LogP contribution in [-0.2, 0) is 6.54 Å². The highest BCUT2D eigenvalue weighted by atomic mass is 16.5. The molecule has 1 heterocycles. The highest BCUT2D eigenvalue weighted by molar-refractivity contribution is 5.97. The standard InChI is InChI=1S/C19H20N2O2/c1-3-23-19-18-15(11-12-20-19)5-4-6-17(18)21-13-14-7-9-16(22-2)10-8-14/h4-12,21H,3,13H2,1-2H3. The number of nitrogens with one attached hydrogen (secondary N) is 1. The van der Waals surface area contributed by atoms with Crippen molar-refractivity contribution in [2.24, 2.45) is 0 Å². The molecule has 118 valence electrons. The molecule has 0 aliphatic rings. The van der Waals surface area contributed by atoms with E-state index in [0.29, 0.717) is 12.5 Å². The van der Waals surface area contributed by atoms with E-state index in [1.165, 1.54) is 5.56 Å². The molecule has 0 atom stereocenters. The van der Waals surface area contributed by atoms with Gasteiger partial charge < -0.3 is 14.8 Å². The Morgan fingerprint density at radius 2 is 1.87 bits per heavy atom. The average Bonchev–Trinajstić information content (AvgIpc) is 2.61. The highest BCUT2D eigenvalue weighted by Crippen LogP contribution is 2.31. The lowest BCUT2D eigenvalue weighted by atomic mass is 10.1. The quantitative estimate of drug-likeness (QED) is 0.739. The number of nitrogens with zero attached hydrogens (tertiary/aromatic N) is 1. The van der Waals surface area contributed by atoms with Gasteiger partial charge in [0.2, 0.25) is 5.88 Å². The van der Waals surface area contributed by atoms with E-state index in [1.807, 2.05) is 31.2 Å². The number of methoxy groups -OCH3 is 1. The summed E-state index contributed by atoms with van der Waals surface area (Å²) in [5.74, 6) is 1.53. The van der Waals surface area contributed by atoms with E-state index in [4.69, 9.17) is 9.47 Å². The topological polar surface area (TPSA) is 43.4 Å². The number of hydrogen-bond donors (Lipinski definition) is 1. The van der Waals surface area contributed by atoms with Crippen LogP contribution in [0.1, 0.15) is 12.5 Å². The zero-order chi connectivity index (χ0) is 16.1. The molecule has 0 radical (unpaired) electrons. The fraction of sp³-hybridized carbons (Fsp3) is 0.211. The Kier molecular flexibility index (Phi) is 4.62. The Labute approximate surface area is 136 Å². The minimum Gasteiger partial charge on any atom is -0.497 e. The lowest BCUT2D eigenvalue weighted by Crippen LogP contribution is -2.02. The van der Waals surface area contributed by atoms with Crippen molar-refractivity contribution in [1.82, 2.24) is 4.98 Å². The molecule has 4 nitrogen and oxygen atoms in total. The van der Waals surface area contributed by atoms with Crippen LogP contribution in [0.25, 0.3) is 10.8 Å². The highest BCUT2D eigenvalue weighted by Gasteiger charge is 2.08. The molecular formula is C19H20N2O2. The second-order valence-electron chi connectivity index (χ2n) is 5.15. The summed E-state index contributed by atoms with van der Waals surface area (Å²) in [5.41, 5.74) is 2.21. The maximum Gasteiger partial charge on any atom is 0.223 e. The second-order valence-corrected chi connectivity index (χ2v) is 5.15. The fourth-order valence-electron chi connectivity index (χ4n) is 2.53. The predicted octanol–water partition coefficient (Wildman–Crippen LogP) is 4.25. The first-order valence-electron chi connectivity index (χ1n) is 7.69. The lowest BCUT2D eigenvalue weighted by molar-refractivity contribution is 0.331. The number of aromatic nitrogens is 1. The minimum atomic E-state index is 0.596. The number of fused-ring (bicyclic) bond motifs is 1. The number of benzene rings is 2. The Bertz CT molecular complexity index is 780. The fourth-order valence-corrected chi connectivity index (χ4v) is 2.53. The van der Waals surface area contributed by atoms with Crippen molar-refractivity contribution in [1.29, 1.82) is 0 Å². The van der Waals surface area contributed by atoms with Gasteiger partial charge in [-0.3, -0.25) is 0 Å². The van der Waals surface area contributed by atoms with Crippen LogP contribution >= 0.6 is 0 Å². The third kappa shape index (κ3) is 3.37. The molecule has 2 aromatic carbocycles. The Morgan fingerprint density at radius 3 is 2.61 bits per heavy atom. The maximum atomic E-state index is 5.67. The van der Waals surface area contributed by atoms with E-state index in [1.54, 1.807) is 13.3 Å². The van der Waals surface area contributed by atoms with Gasteiger partial charge in [0.1, 0.15) is 5.75 Å². The van der Waals surface area contributed by atoms with Gasteiger partial charge in [-0.15, -0.1) is 0 Å². The van der Waals surface area contributed by atoms with E-state index < -0.39 is 0 Å². The molecular weight excluding hydrogens is 288 g/mol. The van der Waals surface area contributed by atoms with Gasteiger partial charge in [0.25, 0.3) is 0 Å². The largest absolute Gasteiger partial charge is 0.497 e. The van der Waals surface area contributed by atoms with Gasteiger partial charge >= 0.3 is 0 Å². The van der Waals surface area contributed by atoms with E-state index >= 15 is 0 Å². The van der Waals surface area contributed by atoms with Crippen molar-refractivity contribution in [2.75, 3.05) is 19.0 Å². The summed E-state index contributed by atoms with van der Waals surface area (Å²) in [6, 6.07) is 16.2. The van der Waals surface area contributed by atoms with Gasteiger partial charge in [-0.2, -0.15) is 0 Å². The van der Waals surface area contributed by atoms with E-state index in [2.05, 4.69) is 34.6 Å². The molecule has 0 spiro atoms. The summed E-state index contributed by atoms with van der Waals surface area (Å²) < 4.78 is 10.9. The second kappa shape index (κ2) is 7.01. The first kappa shape index (κ1) is 15.2. The van der Waals surface area contributed by atoms with Crippen LogP contribution in [-0.4, -0.2) is 18.7 Å². The molecule has 0 bridgehead atoms. The van der Waals surface area contributed by atoms with Crippen LogP contribution in [0.2, 0.25) is 0 Å². The molecule has 0 fully saturated rings. The Balaban J connectivity index is 1.86. The molecule has 3 aromatic rings. The van der Waals surface area contributed by atoms with Crippen molar-refractivity contribution in [3.63, 3.8) is 0 Å². The Morgan fingerprint density at radius 1 is 1.04 bits per heavy atom. The summed E-state index contributed by atoms with van der Waals surface area (Å²) in [4.78, 5) is 4.36. The van der Waals surface area contributed by atoms with E-state index in [9.17, 15) is 0 Å². The van der Waals surface area contributed by atoms with E-state index in [0.717, 1.165) is 28.8 Å². The number of hydrogen-bond acceptors (Lipinski definition) is 4. The molecule has 0 amide bonds.